The van der Waals surface area contributed by atoms with Crippen LogP contribution in [0.1, 0.15) is 31.2 Å². The van der Waals surface area contributed by atoms with E-state index >= 15 is 0 Å². The van der Waals surface area contributed by atoms with Gasteiger partial charge in [-0.15, -0.1) is 0 Å². The first-order chi connectivity index (χ1) is 9.80. The van der Waals surface area contributed by atoms with Crippen molar-refractivity contribution in [3.63, 3.8) is 0 Å². The van der Waals surface area contributed by atoms with Crippen molar-refractivity contribution in [1.82, 2.24) is 0 Å². The largest absolute Gasteiger partial charge is 0.490 e. The fourth-order valence-electron chi connectivity index (χ4n) is 2.86. The molecular weight excluding hydrogens is 258 g/mol. The molecule has 3 rings (SSSR count). The van der Waals surface area contributed by atoms with E-state index in [9.17, 15) is 0 Å². The summed E-state index contributed by atoms with van der Waals surface area (Å²) in [6, 6.07) is 5.64. The van der Waals surface area contributed by atoms with Gasteiger partial charge in [-0.05, 0) is 31.4 Å². The highest BCUT2D eigenvalue weighted by Crippen LogP contribution is 2.32. The molecule has 0 spiro atoms. The van der Waals surface area contributed by atoms with Crippen LogP contribution in [0.5, 0.6) is 11.5 Å². The number of ether oxygens (including phenoxy) is 3. The van der Waals surface area contributed by atoms with Crippen LogP contribution in [0.3, 0.4) is 0 Å². The first-order valence-electron chi connectivity index (χ1n) is 6.97. The highest BCUT2D eigenvalue weighted by molar-refractivity contribution is 6.05. The fourth-order valence-corrected chi connectivity index (χ4v) is 2.86. The second kappa shape index (κ2) is 5.71. The summed E-state index contributed by atoms with van der Waals surface area (Å²) in [5.41, 5.74) is 1.39. The summed E-state index contributed by atoms with van der Waals surface area (Å²) in [6.45, 7) is 0.310. The van der Waals surface area contributed by atoms with Crippen molar-refractivity contribution < 1.29 is 19.4 Å². The Morgan fingerprint density at radius 3 is 2.95 bits per heavy atom. The van der Waals surface area contributed by atoms with Gasteiger partial charge in [0, 0.05) is 25.2 Å². The van der Waals surface area contributed by atoms with E-state index in [4.69, 9.17) is 19.4 Å². The van der Waals surface area contributed by atoms with Gasteiger partial charge in [-0.1, -0.05) is 5.16 Å². The van der Waals surface area contributed by atoms with Crippen LogP contribution in [-0.4, -0.2) is 36.8 Å². The molecule has 1 aromatic carbocycles. The number of benzene rings is 1. The molecule has 2 atom stereocenters. The van der Waals surface area contributed by atoms with Gasteiger partial charge in [-0.25, -0.2) is 0 Å². The predicted molar refractivity (Wildman–Crippen MR) is 73.9 cm³/mol. The minimum Gasteiger partial charge on any atom is -0.490 e. The summed E-state index contributed by atoms with van der Waals surface area (Å²) >= 11 is 0. The van der Waals surface area contributed by atoms with Crippen LogP contribution in [-0.2, 0) is 4.74 Å². The predicted octanol–water partition coefficient (Wildman–Crippen LogP) is 2.59. The maximum absolute atomic E-state index is 8.86. The number of hydrogen-bond acceptors (Lipinski definition) is 5. The van der Waals surface area contributed by atoms with Crippen molar-refractivity contribution >= 4 is 5.71 Å². The molecule has 1 fully saturated rings. The maximum Gasteiger partial charge on any atom is 0.134 e. The third kappa shape index (κ3) is 2.58. The van der Waals surface area contributed by atoms with Crippen molar-refractivity contribution in [2.24, 2.45) is 5.16 Å². The molecule has 1 saturated carbocycles. The third-order valence-electron chi connectivity index (χ3n) is 3.96. The van der Waals surface area contributed by atoms with Gasteiger partial charge in [0.15, 0.2) is 0 Å². The number of fused-ring (bicyclic) bond motifs is 1. The van der Waals surface area contributed by atoms with Crippen LogP contribution in [0.4, 0.5) is 0 Å². The van der Waals surface area contributed by atoms with Crippen molar-refractivity contribution in [1.29, 1.82) is 0 Å². The molecule has 1 aliphatic heterocycles. The second-order valence-electron chi connectivity index (χ2n) is 5.26. The number of hydrogen-bond donors (Lipinski definition) is 1. The summed E-state index contributed by atoms with van der Waals surface area (Å²) in [7, 11) is 1.76. The van der Waals surface area contributed by atoms with E-state index in [0.29, 0.717) is 18.4 Å². The van der Waals surface area contributed by atoms with Crippen molar-refractivity contribution in [3.05, 3.63) is 23.8 Å². The first kappa shape index (κ1) is 13.2. The van der Waals surface area contributed by atoms with Gasteiger partial charge in [0.2, 0.25) is 0 Å². The molecule has 0 saturated heterocycles. The smallest absolute Gasteiger partial charge is 0.134 e. The Labute approximate surface area is 118 Å². The molecule has 0 bridgehead atoms. The maximum atomic E-state index is 8.86. The molecule has 5 heteroatoms. The Hall–Kier alpha value is -1.75. The molecule has 108 valence electrons. The molecule has 2 unspecified atom stereocenters. The minimum atomic E-state index is 0.194. The lowest BCUT2D eigenvalue weighted by Gasteiger charge is -2.28. The molecule has 1 aliphatic carbocycles. The summed E-state index contributed by atoms with van der Waals surface area (Å²) in [4.78, 5) is 0. The summed E-state index contributed by atoms with van der Waals surface area (Å²) < 4.78 is 16.9. The lowest BCUT2D eigenvalue weighted by Crippen LogP contribution is -2.29. The average Bonchev–Trinajstić information content (AvgIpc) is 2.89. The monoisotopic (exact) mass is 277 g/mol. The van der Waals surface area contributed by atoms with Crippen molar-refractivity contribution in [2.45, 2.75) is 37.9 Å². The van der Waals surface area contributed by atoms with Crippen LogP contribution in [0, 0.1) is 0 Å². The van der Waals surface area contributed by atoms with E-state index in [1.165, 1.54) is 0 Å². The quantitative estimate of drug-likeness (QED) is 0.681. The van der Waals surface area contributed by atoms with Gasteiger partial charge in [0.25, 0.3) is 0 Å². The van der Waals surface area contributed by atoms with Gasteiger partial charge < -0.3 is 19.4 Å². The SMILES string of the molecule is COC1CCCC(Oc2ccc3c(c2)OCC3=NO)C1. The standard InChI is InChI=1S/C15H19NO4/c1-18-10-3-2-4-11(7-10)20-12-5-6-13-14(16-17)9-19-15(13)8-12/h5-6,8,10-11,17H,2-4,7,9H2,1H3. The summed E-state index contributed by atoms with van der Waals surface area (Å²) in [5.74, 6) is 1.51. The Morgan fingerprint density at radius 1 is 1.30 bits per heavy atom. The van der Waals surface area contributed by atoms with E-state index in [1.807, 2.05) is 18.2 Å². The zero-order chi connectivity index (χ0) is 13.9. The molecule has 0 aromatic heterocycles. The highest BCUT2D eigenvalue weighted by atomic mass is 16.5. The number of nitrogens with zero attached hydrogens (tertiary/aromatic N) is 1. The van der Waals surface area contributed by atoms with Gasteiger partial charge in [0.1, 0.15) is 29.9 Å². The number of rotatable bonds is 3. The summed E-state index contributed by atoms with van der Waals surface area (Å²) in [5, 5.41) is 12.1. The second-order valence-corrected chi connectivity index (χ2v) is 5.26. The molecular formula is C15H19NO4. The van der Waals surface area contributed by atoms with E-state index in [1.54, 1.807) is 7.11 Å². The van der Waals surface area contributed by atoms with Crippen LogP contribution in [0.25, 0.3) is 0 Å². The van der Waals surface area contributed by atoms with E-state index in [2.05, 4.69) is 5.16 Å². The topological polar surface area (TPSA) is 60.3 Å². The first-order valence-corrected chi connectivity index (χ1v) is 6.97. The van der Waals surface area contributed by atoms with Crippen LogP contribution in [0.2, 0.25) is 0 Å². The molecule has 1 aromatic rings. The van der Waals surface area contributed by atoms with Crippen molar-refractivity contribution in [3.8, 4) is 11.5 Å². The van der Waals surface area contributed by atoms with Crippen LogP contribution in [0.15, 0.2) is 23.4 Å². The Kier molecular flexibility index (Phi) is 3.78. The molecule has 1 N–H and O–H groups in total. The molecule has 5 nitrogen and oxygen atoms in total. The fraction of sp³-hybridized carbons (Fsp3) is 0.533. The minimum absolute atomic E-state index is 0.194. The lowest BCUT2D eigenvalue weighted by molar-refractivity contribution is 0.0209. The van der Waals surface area contributed by atoms with E-state index in [0.717, 1.165) is 42.7 Å². The van der Waals surface area contributed by atoms with Gasteiger partial charge in [-0.3, -0.25) is 0 Å². The Bertz CT molecular complexity index is 515. The van der Waals surface area contributed by atoms with E-state index in [-0.39, 0.29) is 6.10 Å². The van der Waals surface area contributed by atoms with Crippen molar-refractivity contribution in [2.75, 3.05) is 13.7 Å². The molecule has 0 amide bonds. The summed E-state index contributed by atoms with van der Waals surface area (Å²) in [6.07, 6.45) is 4.72. The van der Waals surface area contributed by atoms with Crippen LogP contribution >= 0.6 is 0 Å². The normalized spacial score (nSPS) is 27.1. The van der Waals surface area contributed by atoms with Crippen LogP contribution < -0.4 is 9.47 Å². The molecule has 2 aliphatic rings. The van der Waals surface area contributed by atoms with Gasteiger partial charge in [0.05, 0.1) is 6.10 Å². The molecule has 1 heterocycles. The zero-order valence-electron chi connectivity index (χ0n) is 11.5. The van der Waals surface area contributed by atoms with E-state index < -0.39 is 0 Å². The highest BCUT2D eigenvalue weighted by Gasteiger charge is 2.25. The van der Waals surface area contributed by atoms with Gasteiger partial charge in [-0.2, -0.15) is 0 Å². The zero-order valence-corrected chi connectivity index (χ0v) is 11.5. The Balaban J connectivity index is 1.70. The molecule has 20 heavy (non-hydrogen) atoms. The number of methoxy groups -OCH3 is 1. The lowest BCUT2D eigenvalue weighted by atomic mass is 9.95. The van der Waals surface area contributed by atoms with Gasteiger partial charge >= 0.3 is 0 Å². The average molecular weight is 277 g/mol. The number of oxime groups is 1. The third-order valence-corrected chi connectivity index (χ3v) is 3.96. The molecule has 0 radical (unpaired) electrons. The Morgan fingerprint density at radius 2 is 2.15 bits per heavy atom.